The predicted molar refractivity (Wildman–Crippen MR) is 159 cm³/mol. The quantitative estimate of drug-likeness (QED) is 0.232. The number of benzene rings is 3. The number of nitrogens with zero attached hydrogens (tertiary/aromatic N) is 3. The SMILES string of the molecule is COc1nc(-c2cccs2)nc2ccc3c(c12)C=CC(c1ccccc1)(c1ccc(N2CCCCC2)cc1)O3. The van der Waals surface area contributed by atoms with Crippen LogP contribution in [0.2, 0.25) is 0 Å². The van der Waals surface area contributed by atoms with Gasteiger partial charge in [0.25, 0.3) is 0 Å². The Labute approximate surface area is 232 Å². The molecule has 39 heavy (non-hydrogen) atoms. The highest BCUT2D eigenvalue weighted by Gasteiger charge is 2.38. The molecule has 5 aromatic rings. The van der Waals surface area contributed by atoms with E-state index in [4.69, 9.17) is 19.4 Å². The van der Waals surface area contributed by atoms with Crippen molar-refractivity contribution in [2.45, 2.75) is 24.9 Å². The third-order valence-corrected chi connectivity index (χ3v) is 8.61. The molecule has 5 nitrogen and oxygen atoms in total. The Hall–Kier alpha value is -4.16. The van der Waals surface area contributed by atoms with Crippen molar-refractivity contribution in [3.63, 3.8) is 0 Å². The second-order valence-corrected chi connectivity index (χ2v) is 11.0. The maximum Gasteiger partial charge on any atom is 0.225 e. The van der Waals surface area contributed by atoms with Crippen LogP contribution in [0.25, 0.3) is 27.7 Å². The van der Waals surface area contributed by atoms with E-state index in [1.807, 2.05) is 35.7 Å². The van der Waals surface area contributed by atoms with Gasteiger partial charge in [0, 0.05) is 35.5 Å². The Balaban J connectivity index is 1.34. The van der Waals surface area contributed by atoms with Gasteiger partial charge in [0.1, 0.15) is 5.75 Å². The highest BCUT2D eigenvalue weighted by Crippen LogP contribution is 2.46. The van der Waals surface area contributed by atoms with Crippen molar-refractivity contribution in [1.82, 2.24) is 9.97 Å². The lowest BCUT2D eigenvalue weighted by Gasteiger charge is -2.37. The summed E-state index contributed by atoms with van der Waals surface area (Å²) >= 11 is 1.62. The van der Waals surface area contributed by atoms with E-state index in [-0.39, 0.29) is 0 Å². The van der Waals surface area contributed by atoms with E-state index < -0.39 is 5.60 Å². The number of piperidine rings is 1. The summed E-state index contributed by atoms with van der Waals surface area (Å²) in [6, 6.07) is 27.4. The largest absolute Gasteiger partial charge is 0.480 e. The Morgan fingerprint density at radius 3 is 2.38 bits per heavy atom. The van der Waals surface area contributed by atoms with E-state index >= 15 is 0 Å². The standard InChI is InChI=1S/C33H29N3O2S/c1-37-32-30-26-18-19-33(23-9-4-2-5-10-23,24-12-14-25(15-13-24)36-20-6-3-7-21-36)38-28(26)17-16-27(30)34-31(35-32)29-11-8-22-39-29/h2,4-5,8-19,22H,3,6-7,20-21H2,1H3. The fourth-order valence-electron chi connectivity index (χ4n) is 5.76. The van der Waals surface area contributed by atoms with Crippen LogP contribution in [0.5, 0.6) is 11.6 Å². The van der Waals surface area contributed by atoms with E-state index in [9.17, 15) is 0 Å². The highest BCUT2D eigenvalue weighted by molar-refractivity contribution is 7.13. The summed E-state index contributed by atoms with van der Waals surface area (Å²) < 4.78 is 12.8. The van der Waals surface area contributed by atoms with Gasteiger partial charge in [0.05, 0.1) is 22.9 Å². The number of hydrogen-bond donors (Lipinski definition) is 0. The third kappa shape index (κ3) is 4.16. The van der Waals surface area contributed by atoms with Crippen LogP contribution in [-0.4, -0.2) is 30.2 Å². The lowest BCUT2D eigenvalue weighted by molar-refractivity contribution is 0.161. The normalized spacial score (nSPS) is 18.5. The number of fused-ring (bicyclic) bond motifs is 3. The van der Waals surface area contributed by atoms with Gasteiger partial charge in [0.15, 0.2) is 11.4 Å². The molecule has 2 aromatic heterocycles. The Morgan fingerprint density at radius 1 is 0.846 bits per heavy atom. The molecule has 1 saturated heterocycles. The average molecular weight is 532 g/mol. The van der Waals surface area contributed by atoms with Crippen molar-refractivity contribution in [3.05, 3.63) is 107 Å². The number of hydrogen-bond acceptors (Lipinski definition) is 6. The summed E-state index contributed by atoms with van der Waals surface area (Å²) in [6.07, 6.45) is 8.14. The topological polar surface area (TPSA) is 47.5 Å². The van der Waals surface area contributed by atoms with Crippen molar-refractivity contribution in [1.29, 1.82) is 0 Å². The zero-order valence-corrected chi connectivity index (χ0v) is 22.7. The molecule has 1 fully saturated rings. The van der Waals surface area contributed by atoms with Gasteiger partial charge in [-0.1, -0.05) is 48.5 Å². The second kappa shape index (κ2) is 9.86. The van der Waals surface area contributed by atoms with Crippen LogP contribution >= 0.6 is 11.3 Å². The van der Waals surface area contributed by atoms with E-state index in [1.165, 1.54) is 24.9 Å². The summed E-state index contributed by atoms with van der Waals surface area (Å²) in [6.45, 7) is 2.25. The van der Waals surface area contributed by atoms with Gasteiger partial charge in [0.2, 0.25) is 5.88 Å². The lowest BCUT2D eigenvalue weighted by atomic mass is 9.83. The van der Waals surface area contributed by atoms with E-state index in [2.05, 4.69) is 65.6 Å². The van der Waals surface area contributed by atoms with Crippen LogP contribution in [0.4, 0.5) is 5.69 Å². The molecule has 2 aliphatic rings. The molecule has 1 unspecified atom stereocenters. The van der Waals surface area contributed by atoms with Gasteiger partial charge in [-0.2, -0.15) is 4.98 Å². The van der Waals surface area contributed by atoms with Crippen LogP contribution in [0.15, 0.2) is 90.3 Å². The molecule has 4 heterocycles. The molecule has 1 atom stereocenters. The van der Waals surface area contributed by atoms with Crippen LogP contribution in [0.1, 0.15) is 36.0 Å². The van der Waals surface area contributed by atoms with E-state index in [0.717, 1.165) is 51.3 Å². The number of thiophene rings is 1. The molecule has 194 valence electrons. The van der Waals surface area contributed by atoms with Gasteiger partial charge < -0.3 is 14.4 Å². The van der Waals surface area contributed by atoms with Gasteiger partial charge >= 0.3 is 0 Å². The van der Waals surface area contributed by atoms with Crippen LogP contribution in [0, 0.1) is 0 Å². The Bertz CT molecular complexity index is 1640. The number of ether oxygens (including phenoxy) is 2. The molecule has 0 N–H and O–H groups in total. The highest BCUT2D eigenvalue weighted by atomic mass is 32.1. The predicted octanol–water partition coefficient (Wildman–Crippen LogP) is 7.71. The molecule has 3 aromatic carbocycles. The minimum atomic E-state index is -0.757. The number of anilines is 1. The zero-order chi connectivity index (χ0) is 26.2. The monoisotopic (exact) mass is 531 g/mol. The number of aromatic nitrogens is 2. The first-order valence-corrected chi connectivity index (χ1v) is 14.3. The fourth-order valence-corrected chi connectivity index (χ4v) is 6.42. The first-order valence-electron chi connectivity index (χ1n) is 13.5. The molecule has 0 spiro atoms. The molecule has 6 heteroatoms. The maximum atomic E-state index is 6.98. The maximum absolute atomic E-state index is 6.98. The molecule has 0 saturated carbocycles. The zero-order valence-electron chi connectivity index (χ0n) is 21.8. The number of rotatable bonds is 5. The molecule has 0 radical (unpaired) electrons. The van der Waals surface area contributed by atoms with Crippen LogP contribution in [-0.2, 0) is 5.60 Å². The smallest absolute Gasteiger partial charge is 0.225 e. The van der Waals surface area contributed by atoms with Crippen molar-refractivity contribution < 1.29 is 9.47 Å². The van der Waals surface area contributed by atoms with Crippen molar-refractivity contribution in [3.8, 4) is 22.3 Å². The molecular formula is C33H29N3O2S. The van der Waals surface area contributed by atoms with E-state index in [0.29, 0.717) is 11.7 Å². The fraction of sp³-hybridized carbons (Fsp3) is 0.212. The molecular weight excluding hydrogens is 502 g/mol. The Morgan fingerprint density at radius 2 is 1.64 bits per heavy atom. The first-order chi connectivity index (χ1) is 19.2. The van der Waals surface area contributed by atoms with Gasteiger partial charge in [-0.05, 0) is 67.1 Å². The molecule has 0 bridgehead atoms. The minimum absolute atomic E-state index is 0.548. The van der Waals surface area contributed by atoms with Crippen molar-refractivity contribution in [2.75, 3.05) is 25.1 Å². The first kappa shape index (κ1) is 23.9. The molecule has 0 aliphatic carbocycles. The number of methoxy groups -OCH3 is 1. The van der Waals surface area contributed by atoms with Crippen molar-refractivity contribution >= 4 is 34.0 Å². The summed E-state index contributed by atoms with van der Waals surface area (Å²) in [7, 11) is 1.66. The average Bonchev–Trinajstić information content (AvgIpc) is 3.56. The lowest BCUT2D eigenvalue weighted by Crippen LogP contribution is -2.34. The van der Waals surface area contributed by atoms with Crippen molar-refractivity contribution in [2.24, 2.45) is 0 Å². The molecule has 2 aliphatic heterocycles. The minimum Gasteiger partial charge on any atom is -0.480 e. The van der Waals surface area contributed by atoms with Gasteiger partial charge in [-0.25, -0.2) is 4.98 Å². The summed E-state index contributed by atoms with van der Waals surface area (Å²) in [5.41, 5.74) is 4.44. The third-order valence-electron chi connectivity index (χ3n) is 7.74. The molecule has 7 rings (SSSR count). The van der Waals surface area contributed by atoms with Crippen LogP contribution < -0.4 is 14.4 Å². The van der Waals surface area contributed by atoms with Gasteiger partial charge in [-0.15, -0.1) is 11.3 Å². The molecule has 0 amide bonds. The summed E-state index contributed by atoms with van der Waals surface area (Å²) in [5.74, 6) is 1.99. The summed E-state index contributed by atoms with van der Waals surface area (Å²) in [5, 5.41) is 2.88. The van der Waals surface area contributed by atoms with Crippen LogP contribution in [0.3, 0.4) is 0 Å². The van der Waals surface area contributed by atoms with Gasteiger partial charge in [-0.3, -0.25) is 0 Å². The Kier molecular flexibility index (Phi) is 6.05. The van der Waals surface area contributed by atoms with E-state index in [1.54, 1.807) is 18.4 Å². The second-order valence-electron chi connectivity index (χ2n) is 10.0. The summed E-state index contributed by atoms with van der Waals surface area (Å²) in [4.78, 5) is 13.1.